The van der Waals surface area contributed by atoms with Crippen LogP contribution in [0.25, 0.3) is 0 Å². The highest BCUT2D eigenvalue weighted by Gasteiger charge is 2.12. The molecule has 0 unspecified atom stereocenters. The van der Waals surface area contributed by atoms with E-state index in [2.05, 4.69) is 22.5 Å². The zero-order valence-electron chi connectivity index (χ0n) is 11.7. The number of unbranched alkanes of at least 4 members (excludes halogenated alkanes) is 1. The maximum atomic E-state index is 11.8. The molecule has 0 atom stereocenters. The molecule has 0 saturated carbocycles. The van der Waals surface area contributed by atoms with Crippen LogP contribution in [0.3, 0.4) is 0 Å². The number of nitrogens with zero attached hydrogens (tertiary/aromatic N) is 1. The van der Waals surface area contributed by atoms with E-state index in [1.54, 1.807) is 18.2 Å². The molecule has 1 heterocycles. The summed E-state index contributed by atoms with van der Waals surface area (Å²) < 4.78 is 0. The van der Waals surface area contributed by atoms with Crippen molar-refractivity contribution in [2.24, 2.45) is 0 Å². The van der Waals surface area contributed by atoms with Crippen LogP contribution in [-0.2, 0) is 0 Å². The van der Waals surface area contributed by atoms with Gasteiger partial charge in [0, 0.05) is 12.6 Å². The summed E-state index contributed by atoms with van der Waals surface area (Å²) in [5, 5.41) is 5.52. The molecule has 0 aliphatic rings. The van der Waals surface area contributed by atoms with Crippen molar-refractivity contribution in [3.63, 3.8) is 0 Å². The Morgan fingerprint density at radius 1 is 1.21 bits per heavy atom. The van der Waals surface area contributed by atoms with Crippen molar-refractivity contribution in [1.29, 1.82) is 0 Å². The molecule has 0 aliphatic carbocycles. The summed E-state index contributed by atoms with van der Waals surface area (Å²) in [6, 6.07) is 4.90. The van der Waals surface area contributed by atoms with E-state index in [1.165, 1.54) is 0 Å². The smallest absolute Gasteiger partial charge is 0.270 e. The second-order valence-corrected chi connectivity index (χ2v) is 4.65. The lowest BCUT2D eigenvalue weighted by Gasteiger charge is -2.08. The highest BCUT2D eigenvalue weighted by Crippen LogP contribution is 2.00. The Balaban J connectivity index is 2.71. The zero-order valence-corrected chi connectivity index (χ0v) is 11.7. The fourth-order valence-corrected chi connectivity index (χ4v) is 1.49. The van der Waals surface area contributed by atoms with Gasteiger partial charge < -0.3 is 10.6 Å². The number of pyridine rings is 1. The number of hydrogen-bond acceptors (Lipinski definition) is 3. The van der Waals surface area contributed by atoms with Crippen molar-refractivity contribution in [2.45, 2.75) is 39.7 Å². The van der Waals surface area contributed by atoms with E-state index in [9.17, 15) is 9.59 Å². The van der Waals surface area contributed by atoms with Crippen molar-refractivity contribution in [1.82, 2.24) is 15.6 Å². The second-order valence-electron chi connectivity index (χ2n) is 4.65. The van der Waals surface area contributed by atoms with Crippen molar-refractivity contribution in [2.75, 3.05) is 6.54 Å². The minimum atomic E-state index is -0.266. The minimum absolute atomic E-state index is 0.0383. The third-order valence-corrected chi connectivity index (χ3v) is 2.45. The van der Waals surface area contributed by atoms with Crippen LogP contribution in [-0.4, -0.2) is 29.4 Å². The average Bonchev–Trinajstić information content (AvgIpc) is 2.38. The predicted octanol–water partition coefficient (Wildman–Crippen LogP) is 1.75. The predicted molar refractivity (Wildman–Crippen MR) is 74.1 cm³/mol. The van der Waals surface area contributed by atoms with E-state index in [4.69, 9.17) is 0 Å². The highest BCUT2D eigenvalue weighted by atomic mass is 16.2. The third-order valence-electron chi connectivity index (χ3n) is 2.45. The maximum absolute atomic E-state index is 11.8. The van der Waals surface area contributed by atoms with Crippen LogP contribution in [0.2, 0.25) is 0 Å². The summed E-state index contributed by atoms with van der Waals surface area (Å²) in [5.41, 5.74) is 0.532. The first-order chi connectivity index (χ1) is 9.04. The molecule has 1 aromatic heterocycles. The standard InChI is InChI=1S/C14H21N3O2/c1-4-5-9-15-13(18)11-7-6-8-12(17-11)14(19)16-10(2)3/h6-8,10H,4-5,9H2,1-3H3,(H,15,18)(H,16,19). The molecule has 1 aromatic rings. The molecule has 0 spiro atoms. The van der Waals surface area contributed by atoms with Crippen LogP contribution in [0, 0.1) is 0 Å². The molecular formula is C14H21N3O2. The van der Waals surface area contributed by atoms with Crippen LogP contribution in [0.4, 0.5) is 0 Å². The van der Waals surface area contributed by atoms with Gasteiger partial charge in [-0.15, -0.1) is 0 Å². The molecule has 0 saturated heterocycles. The molecule has 0 aromatic carbocycles. The molecule has 5 heteroatoms. The summed E-state index contributed by atoms with van der Waals surface area (Å²) in [6.07, 6.45) is 1.95. The fourth-order valence-electron chi connectivity index (χ4n) is 1.49. The van der Waals surface area contributed by atoms with Crippen molar-refractivity contribution in [3.8, 4) is 0 Å². The lowest BCUT2D eigenvalue weighted by Crippen LogP contribution is -2.31. The van der Waals surface area contributed by atoms with Gasteiger partial charge in [0.1, 0.15) is 11.4 Å². The summed E-state index contributed by atoms with van der Waals surface area (Å²) in [4.78, 5) is 27.7. The van der Waals surface area contributed by atoms with E-state index < -0.39 is 0 Å². The average molecular weight is 263 g/mol. The van der Waals surface area contributed by atoms with E-state index in [1.807, 2.05) is 13.8 Å². The van der Waals surface area contributed by atoms with Gasteiger partial charge in [0.2, 0.25) is 0 Å². The van der Waals surface area contributed by atoms with Crippen molar-refractivity contribution in [3.05, 3.63) is 29.6 Å². The largest absolute Gasteiger partial charge is 0.351 e. The fraction of sp³-hybridized carbons (Fsp3) is 0.500. The number of carbonyl (C=O) groups excluding carboxylic acids is 2. The van der Waals surface area contributed by atoms with E-state index in [0.717, 1.165) is 12.8 Å². The Morgan fingerprint density at radius 3 is 2.42 bits per heavy atom. The first kappa shape index (κ1) is 15.1. The SMILES string of the molecule is CCCCNC(=O)c1cccc(C(=O)NC(C)C)n1. The number of rotatable bonds is 6. The molecule has 0 fully saturated rings. The molecule has 2 N–H and O–H groups in total. The topological polar surface area (TPSA) is 71.1 Å². The lowest BCUT2D eigenvalue weighted by molar-refractivity contribution is 0.0936. The summed E-state index contributed by atoms with van der Waals surface area (Å²) in [5.74, 6) is -0.508. The van der Waals surface area contributed by atoms with E-state index in [0.29, 0.717) is 6.54 Å². The van der Waals surface area contributed by atoms with Crippen LogP contribution in [0.1, 0.15) is 54.6 Å². The number of carbonyl (C=O) groups is 2. The lowest BCUT2D eigenvalue weighted by atomic mass is 10.2. The van der Waals surface area contributed by atoms with E-state index >= 15 is 0 Å². The van der Waals surface area contributed by atoms with Gasteiger partial charge in [-0.05, 0) is 32.4 Å². The third kappa shape index (κ3) is 5.07. The summed E-state index contributed by atoms with van der Waals surface area (Å²) in [7, 11) is 0. The van der Waals surface area contributed by atoms with Crippen molar-refractivity contribution >= 4 is 11.8 Å². The van der Waals surface area contributed by atoms with Crippen molar-refractivity contribution < 1.29 is 9.59 Å². The van der Waals surface area contributed by atoms with Gasteiger partial charge in [0.15, 0.2) is 0 Å². The normalized spacial score (nSPS) is 10.3. The Bertz CT molecular complexity index is 444. The highest BCUT2D eigenvalue weighted by molar-refractivity contribution is 5.96. The molecule has 5 nitrogen and oxygen atoms in total. The molecule has 104 valence electrons. The quantitative estimate of drug-likeness (QED) is 0.768. The molecule has 19 heavy (non-hydrogen) atoms. The van der Waals surface area contributed by atoms with E-state index in [-0.39, 0.29) is 29.2 Å². The Labute approximate surface area is 113 Å². The van der Waals surface area contributed by atoms with Crippen LogP contribution < -0.4 is 10.6 Å². The van der Waals surface area contributed by atoms with Gasteiger partial charge in [-0.25, -0.2) is 4.98 Å². The zero-order chi connectivity index (χ0) is 14.3. The molecule has 0 radical (unpaired) electrons. The van der Waals surface area contributed by atoms with Gasteiger partial charge in [-0.2, -0.15) is 0 Å². The number of aromatic nitrogens is 1. The van der Waals surface area contributed by atoms with Gasteiger partial charge in [-0.3, -0.25) is 9.59 Å². The summed E-state index contributed by atoms with van der Waals surface area (Å²) >= 11 is 0. The van der Waals surface area contributed by atoms with Crippen LogP contribution in [0.15, 0.2) is 18.2 Å². The molecular weight excluding hydrogens is 242 g/mol. The number of hydrogen-bond donors (Lipinski definition) is 2. The first-order valence-corrected chi connectivity index (χ1v) is 6.60. The van der Waals surface area contributed by atoms with Gasteiger partial charge in [0.05, 0.1) is 0 Å². The Hall–Kier alpha value is -1.91. The molecule has 2 amide bonds. The molecule has 0 aliphatic heterocycles. The second kappa shape index (κ2) is 7.51. The van der Waals surface area contributed by atoms with Gasteiger partial charge >= 0.3 is 0 Å². The molecule has 1 rings (SSSR count). The number of nitrogens with one attached hydrogen (secondary N) is 2. The summed E-state index contributed by atoms with van der Waals surface area (Å²) in [6.45, 7) is 6.43. The molecule has 0 bridgehead atoms. The van der Waals surface area contributed by atoms with Gasteiger partial charge in [0.25, 0.3) is 11.8 Å². The van der Waals surface area contributed by atoms with Crippen LogP contribution in [0.5, 0.6) is 0 Å². The first-order valence-electron chi connectivity index (χ1n) is 6.60. The number of amides is 2. The Morgan fingerprint density at radius 2 is 1.84 bits per heavy atom. The maximum Gasteiger partial charge on any atom is 0.270 e. The Kier molecular flexibility index (Phi) is 5.99. The monoisotopic (exact) mass is 263 g/mol. The van der Waals surface area contributed by atoms with Gasteiger partial charge in [-0.1, -0.05) is 19.4 Å². The van der Waals surface area contributed by atoms with Crippen LogP contribution >= 0.6 is 0 Å². The minimum Gasteiger partial charge on any atom is -0.351 e.